The lowest BCUT2D eigenvalue weighted by Gasteiger charge is -2.33. The van der Waals surface area contributed by atoms with Crippen LogP contribution >= 0.6 is 0 Å². The van der Waals surface area contributed by atoms with E-state index >= 15 is 0 Å². The molecule has 0 aromatic heterocycles. The van der Waals surface area contributed by atoms with Gasteiger partial charge in [-0.3, -0.25) is 0 Å². The van der Waals surface area contributed by atoms with Gasteiger partial charge in [-0.25, -0.2) is 4.79 Å². The first kappa shape index (κ1) is 17.3. The Hall–Kier alpha value is -2.55. The molecule has 0 saturated heterocycles. The molecule has 0 bridgehead atoms. The SMILES string of the molecule is CCC1=CCC(C)(C)c2cc(C)c(Nc3ccc(C(=O)O)cc3)cc21. The Kier molecular flexibility index (Phi) is 4.42. The van der Waals surface area contributed by atoms with E-state index in [0.717, 1.165) is 24.2 Å². The number of allylic oxidation sites excluding steroid dienone is 2. The lowest BCUT2D eigenvalue weighted by Crippen LogP contribution is -2.22. The normalized spacial score (nSPS) is 15.3. The maximum atomic E-state index is 11.0. The van der Waals surface area contributed by atoms with Crippen molar-refractivity contribution in [1.29, 1.82) is 0 Å². The summed E-state index contributed by atoms with van der Waals surface area (Å²) in [7, 11) is 0. The van der Waals surface area contributed by atoms with Crippen molar-refractivity contribution >= 4 is 22.9 Å². The van der Waals surface area contributed by atoms with E-state index in [1.165, 1.54) is 22.3 Å². The molecule has 1 aliphatic rings. The molecule has 0 saturated carbocycles. The predicted octanol–water partition coefficient (Wildman–Crippen LogP) is 5.91. The van der Waals surface area contributed by atoms with Gasteiger partial charge >= 0.3 is 5.97 Å². The quantitative estimate of drug-likeness (QED) is 0.730. The molecule has 0 spiro atoms. The molecule has 130 valence electrons. The zero-order valence-electron chi connectivity index (χ0n) is 15.3. The lowest BCUT2D eigenvalue weighted by molar-refractivity contribution is 0.0697. The molecule has 25 heavy (non-hydrogen) atoms. The number of carbonyl (C=O) groups is 1. The summed E-state index contributed by atoms with van der Waals surface area (Å²) in [5.41, 5.74) is 7.75. The van der Waals surface area contributed by atoms with Gasteiger partial charge in [0.1, 0.15) is 0 Å². The summed E-state index contributed by atoms with van der Waals surface area (Å²) in [6.07, 6.45) is 4.47. The standard InChI is InChI=1S/C22H25NO2/c1-5-15-10-11-22(3,4)19-12-14(2)20(13-18(15)19)23-17-8-6-16(7-9-17)21(24)25/h6-10,12-13,23H,5,11H2,1-4H3,(H,24,25). The molecule has 0 heterocycles. The predicted molar refractivity (Wildman–Crippen MR) is 104 cm³/mol. The van der Waals surface area contributed by atoms with Crippen LogP contribution in [0.2, 0.25) is 0 Å². The van der Waals surface area contributed by atoms with E-state index in [0.29, 0.717) is 5.56 Å². The fourth-order valence-corrected chi connectivity index (χ4v) is 3.45. The minimum Gasteiger partial charge on any atom is -0.478 e. The second-order valence-electron chi connectivity index (χ2n) is 7.39. The molecule has 0 radical (unpaired) electrons. The summed E-state index contributed by atoms with van der Waals surface area (Å²) in [5, 5.41) is 12.5. The molecule has 3 rings (SSSR count). The molecule has 2 N–H and O–H groups in total. The molecular formula is C22H25NO2. The Balaban J connectivity index is 1.98. The molecule has 3 nitrogen and oxygen atoms in total. The van der Waals surface area contributed by atoms with Crippen molar-refractivity contribution in [3.8, 4) is 0 Å². The van der Waals surface area contributed by atoms with Crippen LogP contribution in [0.15, 0.2) is 42.5 Å². The van der Waals surface area contributed by atoms with Gasteiger partial charge in [-0.2, -0.15) is 0 Å². The summed E-state index contributed by atoms with van der Waals surface area (Å²) >= 11 is 0. The molecule has 0 unspecified atom stereocenters. The van der Waals surface area contributed by atoms with Crippen LogP contribution in [0.5, 0.6) is 0 Å². The van der Waals surface area contributed by atoms with Gasteiger partial charge in [-0.15, -0.1) is 0 Å². The van der Waals surface area contributed by atoms with Crippen molar-refractivity contribution in [2.24, 2.45) is 0 Å². The Labute approximate surface area is 149 Å². The molecule has 0 amide bonds. The fraction of sp³-hybridized carbons (Fsp3) is 0.318. The van der Waals surface area contributed by atoms with E-state index in [2.05, 4.69) is 51.2 Å². The highest BCUT2D eigenvalue weighted by molar-refractivity contribution is 5.88. The minimum absolute atomic E-state index is 0.153. The number of aryl methyl sites for hydroxylation is 1. The van der Waals surface area contributed by atoms with Gasteiger partial charge < -0.3 is 10.4 Å². The van der Waals surface area contributed by atoms with Crippen LogP contribution < -0.4 is 5.32 Å². The summed E-state index contributed by atoms with van der Waals surface area (Å²) in [4.78, 5) is 11.0. The molecule has 0 fully saturated rings. The smallest absolute Gasteiger partial charge is 0.335 e. The average Bonchev–Trinajstić information content (AvgIpc) is 2.57. The third-order valence-corrected chi connectivity index (χ3v) is 5.09. The van der Waals surface area contributed by atoms with Crippen molar-refractivity contribution in [2.75, 3.05) is 5.32 Å². The van der Waals surface area contributed by atoms with Crippen LogP contribution in [0.25, 0.3) is 5.57 Å². The van der Waals surface area contributed by atoms with Crippen LogP contribution in [0.1, 0.15) is 60.7 Å². The molecular weight excluding hydrogens is 310 g/mol. The van der Waals surface area contributed by atoms with Crippen LogP contribution in [0, 0.1) is 6.92 Å². The van der Waals surface area contributed by atoms with E-state index in [1.807, 2.05) is 12.1 Å². The third kappa shape index (κ3) is 3.32. The number of nitrogens with one attached hydrogen (secondary N) is 1. The summed E-state index contributed by atoms with van der Waals surface area (Å²) in [6.45, 7) is 8.91. The summed E-state index contributed by atoms with van der Waals surface area (Å²) in [6, 6.07) is 11.4. The molecule has 2 aromatic carbocycles. The molecule has 0 atom stereocenters. The second kappa shape index (κ2) is 6.40. The number of rotatable bonds is 4. The second-order valence-corrected chi connectivity index (χ2v) is 7.39. The van der Waals surface area contributed by atoms with Gasteiger partial charge in [0, 0.05) is 11.4 Å². The lowest BCUT2D eigenvalue weighted by atomic mass is 9.72. The highest BCUT2D eigenvalue weighted by Gasteiger charge is 2.28. The Bertz CT molecular complexity index is 845. The zero-order valence-corrected chi connectivity index (χ0v) is 15.3. The first-order valence-electron chi connectivity index (χ1n) is 8.76. The summed E-state index contributed by atoms with van der Waals surface area (Å²) in [5.74, 6) is -0.906. The van der Waals surface area contributed by atoms with E-state index in [4.69, 9.17) is 5.11 Å². The monoisotopic (exact) mass is 335 g/mol. The number of aromatic carboxylic acids is 1. The highest BCUT2D eigenvalue weighted by atomic mass is 16.4. The number of hydrogen-bond donors (Lipinski definition) is 2. The Morgan fingerprint density at radius 1 is 1.20 bits per heavy atom. The molecule has 2 aromatic rings. The van der Waals surface area contributed by atoms with Crippen molar-refractivity contribution in [2.45, 2.75) is 46.0 Å². The molecule has 1 aliphatic carbocycles. The minimum atomic E-state index is -0.906. The average molecular weight is 335 g/mol. The maximum absolute atomic E-state index is 11.0. The topological polar surface area (TPSA) is 49.3 Å². The Morgan fingerprint density at radius 2 is 1.88 bits per heavy atom. The van der Waals surface area contributed by atoms with E-state index in [1.54, 1.807) is 12.1 Å². The molecule has 3 heteroatoms. The third-order valence-electron chi connectivity index (χ3n) is 5.09. The number of benzene rings is 2. The van der Waals surface area contributed by atoms with E-state index in [9.17, 15) is 4.79 Å². The Morgan fingerprint density at radius 3 is 2.48 bits per heavy atom. The van der Waals surface area contributed by atoms with Crippen molar-refractivity contribution in [1.82, 2.24) is 0 Å². The summed E-state index contributed by atoms with van der Waals surface area (Å²) < 4.78 is 0. The number of fused-ring (bicyclic) bond motifs is 1. The fourth-order valence-electron chi connectivity index (χ4n) is 3.45. The first-order valence-corrected chi connectivity index (χ1v) is 8.76. The van der Waals surface area contributed by atoms with Crippen molar-refractivity contribution in [3.05, 3.63) is 64.7 Å². The van der Waals surface area contributed by atoms with Crippen LogP contribution in [0.3, 0.4) is 0 Å². The van der Waals surface area contributed by atoms with Crippen LogP contribution in [-0.4, -0.2) is 11.1 Å². The van der Waals surface area contributed by atoms with Gasteiger partial charge in [0.05, 0.1) is 5.56 Å². The van der Waals surface area contributed by atoms with Gasteiger partial charge in [0.25, 0.3) is 0 Å². The highest BCUT2D eigenvalue weighted by Crippen LogP contribution is 2.42. The van der Waals surface area contributed by atoms with Gasteiger partial charge in [-0.1, -0.05) is 32.9 Å². The molecule has 0 aliphatic heterocycles. The number of carboxylic acids is 1. The number of anilines is 2. The van der Waals surface area contributed by atoms with E-state index < -0.39 is 5.97 Å². The van der Waals surface area contributed by atoms with Crippen LogP contribution in [0.4, 0.5) is 11.4 Å². The zero-order chi connectivity index (χ0) is 18.2. The van der Waals surface area contributed by atoms with Gasteiger partial charge in [0.15, 0.2) is 0 Å². The van der Waals surface area contributed by atoms with Crippen molar-refractivity contribution in [3.63, 3.8) is 0 Å². The van der Waals surface area contributed by atoms with Gasteiger partial charge in [0.2, 0.25) is 0 Å². The largest absolute Gasteiger partial charge is 0.478 e. The first-order chi connectivity index (χ1) is 11.8. The van der Waals surface area contributed by atoms with Crippen LogP contribution in [-0.2, 0) is 5.41 Å². The number of carboxylic acid groups (broad SMARTS) is 1. The number of hydrogen-bond acceptors (Lipinski definition) is 2. The maximum Gasteiger partial charge on any atom is 0.335 e. The van der Waals surface area contributed by atoms with E-state index in [-0.39, 0.29) is 5.41 Å². The van der Waals surface area contributed by atoms with Crippen molar-refractivity contribution < 1.29 is 9.90 Å². The van der Waals surface area contributed by atoms with Gasteiger partial charge in [-0.05, 0) is 77.8 Å².